The number of anilines is 1. The van der Waals surface area contributed by atoms with Gasteiger partial charge in [0.1, 0.15) is 0 Å². The molecular formula is C16H27ClN2O. The lowest BCUT2D eigenvalue weighted by atomic mass is 10.1. The molecule has 0 aliphatic rings. The second-order valence-electron chi connectivity index (χ2n) is 5.83. The highest BCUT2D eigenvalue weighted by Gasteiger charge is 2.12. The van der Waals surface area contributed by atoms with Gasteiger partial charge in [-0.05, 0) is 37.4 Å². The van der Waals surface area contributed by atoms with Crippen LogP contribution in [0.2, 0.25) is 5.02 Å². The van der Waals surface area contributed by atoms with Crippen molar-refractivity contribution in [3.05, 3.63) is 28.8 Å². The number of aliphatic hydroxyl groups excluding tert-OH is 1. The molecule has 3 nitrogen and oxygen atoms in total. The summed E-state index contributed by atoms with van der Waals surface area (Å²) in [6.45, 7) is 8.79. The van der Waals surface area contributed by atoms with E-state index in [0.29, 0.717) is 5.92 Å². The normalized spacial score (nSPS) is 12.8. The first-order valence-electron chi connectivity index (χ1n) is 7.29. The van der Waals surface area contributed by atoms with Gasteiger partial charge in [-0.3, -0.25) is 0 Å². The van der Waals surface area contributed by atoms with Crippen molar-refractivity contribution in [2.24, 2.45) is 5.92 Å². The number of rotatable bonds is 8. The van der Waals surface area contributed by atoms with Crippen LogP contribution in [-0.4, -0.2) is 31.3 Å². The molecule has 0 aromatic heterocycles. The highest BCUT2D eigenvalue weighted by atomic mass is 35.5. The van der Waals surface area contributed by atoms with E-state index in [0.717, 1.165) is 36.8 Å². The number of hydrogen-bond acceptors (Lipinski definition) is 3. The molecule has 0 radical (unpaired) electrons. The van der Waals surface area contributed by atoms with Crippen molar-refractivity contribution >= 4 is 17.3 Å². The molecule has 0 bridgehead atoms. The van der Waals surface area contributed by atoms with Crippen LogP contribution in [0, 0.1) is 5.92 Å². The smallest absolute Gasteiger partial charge is 0.0642 e. The summed E-state index contributed by atoms with van der Waals surface area (Å²) in [6, 6.07) is 6.01. The van der Waals surface area contributed by atoms with Crippen molar-refractivity contribution in [3.8, 4) is 0 Å². The summed E-state index contributed by atoms with van der Waals surface area (Å²) in [7, 11) is 2.02. The third-order valence-corrected chi connectivity index (χ3v) is 3.51. The lowest BCUT2D eigenvalue weighted by molar-refractivity contribution is 0.187. The number of nitrogens with zero attached hydrogens (tertiary/aromatic N) is 1. The Bertz CT molecular complexity index is 407. The van der Waals surface area contributed by atoms with Crippen molar-refractivity contribution in [2.45, 2.75) is 39.8 Å². The summed E-state index contributed by atoms with van der Waals surface area (Å²) in [5.41, 5.74) is 2.26. The topological polar surface area (TPSA) is 35.5 Å². The quantitative estimate of drug-likeness (QED) is 0.773. The fourth-order valence-electron chi connectivity index (χ4n) is 2.12. The zero-order chi connectivity index (χ0) is 15.1. The van der Waals surface area contributed by atoms with Gasteiger partial charge in [-0.2, -0.15) is 0 Å². The van der Waals surface area contributed by atoms with E-state index >= 15 is 0 Å². The van der Waals surface area contributed by atoms with Crippen molar-refractivity contribution in [3.63, 3.8) is 0 Å². The number of benzene rings is 1. The van der Waals surface area contributed by atoms with E-state index in [9.17, 15) is 5.11 Å². The van der Waals surface area contributed by atoms with Gasteiger partial charge in [-0.1, -0.05) is 37.6 Å². The molecule has 0 aliphatic carbocycles. The van der Waals surface area contributed by atoms with E-state index in [-0.39, 0.29) is 6.10 Å². The molecule has 0 amide bonds. The van der Waals surface area contributed by atoms with Gasteiger partial charge in [0.05, 0.1) is 16.8 Å². The molecule has 1 atom stereocenters. The van der Waals surface area contributed by atoms with Crippen molar-refractivity contribution < 1.29 is 5.11 Å². The molecule has 1 aromatic rings. The summed E-state index contributed by atoms with van der Waals surface area (Å²) in [5, 5.41) is 13.6. The number of aliphatic hydroxyl groups is 1. The molecule has 20 heavy (non-hydrogen) atoms. The zero-order valence-corrected chi connectivity index (χ0v) is 13.7. The van der Waals surface area contributed by atoms with Gasteiger partial charge >= 0.3 is 0 Å². The average molecular weight is 299 g/mol. The van der Waals surface area contributed by atoms with Gasteiger partial charge in [0.2, 0.25) is 0 Å². The average Bonchev–Trinajstić information content (AvgIpc) is 2.35. The van der Waals surface area contributed by atoms with Gasteiger partial charge in [-0.15, -0.1) is 0 Å². The predicted octanol–water partition coefficient (Wildman–Crippen LogP) is 3.29. The molecule has 0 saturated carbocycles. The summed E-state index contributed by atoms with van der Waals surface area (Å²) in [5.74, 6) is 0.630. The van der Waals surface area contributed by atoms with Gasteiger partial charge in [0, 0.05) is 20.1 Å². The molecule has 2 N–H and O–H groups in total. The van der Waals surface area contributed by atoms with Crippen LogP contribution in [0.5, 0.6) is 0 Å². The van der Waals surface area contributed by atoms with Crippen LogP contribution in [0.3, 0.4) is 0 Å². The molecule has 0 aliphatic heterocycles. The fraction of sp³-hybridized carbons (Fsp3) is 0.625. The molecule has 4 heteroatoms. The van der Waals surface area contributed by atoms with Gasteiger partial charge < -0.3 is 15.3 Å². The van der Waals surface area contributed by atoms with Gasteiger partial charge in [0.25, 0.3) is 0 Å². The largest absolute Gasteiger partial charge is 0.393 e. The molecule has 1 unspecified atom stereocenters. The Balaban J connectivity index is 2.76. The molecule has 0 heterocycles. The number of nitrogens with one attached hydrogen (secondary N) is 1. The van der Waals surface area contributed by atoms with Crippen LogP contribution in [0.25, 0.3) is 0 Å². The predicted molar refractivity (Wildman–Crippen MR) is 87.6 cm³/mol. The Morgan fingerprint density at radius 1 is 1.30 bits per heavy atom. The molecule has 1 rings (SSSR count). The summed E-state index contributed by atoms with van der Waals surface area (Å²) in [6.07, 6.45) is 0.447. The van der Waals surface area contributed by atoms with Gasteiger partial charge in [-0.25, -0.2) is 0 Å². The zero-order valence-electron chi connectivity index (χ0n) is 13.0. The Morgan fingerprint density at radius 2 is 2.00 bits per heavy atom. The standard InChI is InChI=1S/C16H27ClN2O/c1-12(2)10-18-11-14-6-5-7-15(17)16(14)19(4)9-8-13(3)20/h5-7,12-13,18,20H,8-11H2,1-4H3. The molecule has 0 spiro atoms. The van der Waals surface area contributed by atoms with Crippen LogP contribution in [0.15, 0.2) is 18.2 Å². The van der Waals surface area contributed by atoms with Crippen LogP contribution in [0.4, 0.5) is 5.69 Å². The minimum atomic E-state index is -0.289. The molecular weight excluding hydrogens is 272 g/mol. The Labute approximate surface area is 127 Å². The molecule has 0 fully saturated rings. The lowest BCUT2D eigenvalue weighted by Crippen LogP contribution is -2.25. The second kappa shape index (κ2) is 8.50. The van der Waals surface area contributed by atoms with Crippen molar-refractivity contribution in [2.75, 3.05) is 25.0 Å². The van der Waals surface area contributed by atoms with Crippen LogP contribution in [-0.2, 0) is 6.54 Å². The molecule has 114 valence electrons. The maximum absolute atomic E-state index is 9.42. The summed E-state index contributed by atoms with van der Waals surface area (Å²) < 4.78 is 0. The highest BCUT2D eigenvalue weighted by Crippen LogP contribution is 2.29. The maximum atomic E-state index is 9.42. The first-order valence-corrected chi connectivity index (χ1v) is 7.67. The van der Waals surface area contributed by atoms with E-state index in [1.165, 1.54) is 5.56 Å². The SMILES string of the molecule is CC(C)CNCc1cccc(Cl)c1N(C)CCC(C)O. The van der Waals surface area contributed by atoms with Crippen LogP contribution < -0.4 is 10.2 Å². The minimum absolute atomic E-state index is 0.289. The first-order chi connectivity index (χ1) is 9.41. The van der Waals surface area contributed by atoms with Crippen molar-refractivity contribution in [1.29, 1.82) is 0 Å². The third-order valence-electron chi connectivity index (χ3n) is 3.20. The minimum Gasteiger partial charge on any atom is -0.393 e. The maximum Gasteiger partial charge on any atom is 0.0642 e. The number of halogens is 1. The van der Waals surface area contributed by atoms with E-state index in [2.05, 4.69) is 30.1 Å². The lowest BCUT2D eigenvalue weighted by Gasteiger charge is -2.24. The summed E-state index contributed by atoms with van der Waals surface area (Å²) >= 11 is 6.35. The number of hydrogen-bond donors (Lipinski definition) is 2. The van der Waals surface area contributed by atoms with E-state index in [4.69, 9.17) is 11.6 Å². The highest BCUT2D eigenvalue weighted by molar-refractivity contribution is 6.33. The van der Waals surface area contributed by atoms with Crippen molar-refractivity contribution in [1.82, 2.24) is 5.32 Å². The Kier molecular flexibility index (Phi) is 7.35. The van der Waals surface area contributed by atoms with Crippen LogP contribution in [0.1, 0.15) is 32.8 Å². The number of para-hydroxylation sites is 1. The first kappa shape index (κ1) is 17.3. The van der Waals surface area contributed by atoms with E-state index < -0.39 is 0 Å². The summed E-state index contributed by atoms with van der Waals surface area (Å²) in [4.78, 5) is 2.13. The molecule has 1 aromatic carbocycles. The Morgan fingerprint density at radius 3 is 2.60 bits per heavy atom. The monoisotopic (exact) mass is 298 g/mol. The Hall–Kier alpha value is -0.770. The fourth-order valence-corrected chi connectivity index (χ4v) is 2.46. The van der Waals surface area contributed by atoms with Gasteiger partial charge in [0.15, 0.2) is 0 Å². The molecule has 0 saturated heterocycles. The van der Waals surface area contributed by atoms with E-state index in [1.54, 1.807) is 0 Å². The second-order valence-corrected chi connectivity index (χ2v) is 6.24. The van der Waals surface area contributed by atoms with E-state index in [1.807, 2.05) is 26.1 Å². The third kappa shape index (κ3) is 5.70. The van der Waals surface area contributed by atoms with Crippen LogP contribution >= 0.6 is 11.6 Å².